The van der Waals surface area contributed by atoms with Gasteiger partial charge in [0.15, 0.2) is 17.1 Å². The van der Waals surface area contributed by atoms with Crippen molar-refractivity contribution >= 4 is 34.6 Å². The quantitative estimate of drug-likeness (QED) is 0.435. The van der Waals surface area contributed by atoms with Crippen LogP contribution in [-0.4, -0.2) is 18.0 Å². The third-order valence-electron chi connectivity index (χ3n) is 4.23. The Kier molecular flexibility index (Phi) is 3.80. The van der Waals surface area contributed by atoms with E-state index < -0.39 is 0 Å². The monoisotopic (exact) mass is 376 g/mol. The Morgan fingerprint density at radius 1 is 0.963 bits per heavy atom. The third kappa shape index (κ3) is 3.02. The maximum absolute atomic E-state index is 6.23. The minimum absolute atomic E-state index is 0.256. The highest BCUT2D eigenvalue weighted by Crippen LogP contribution is 2.33. The average Bonchev–Trinajstić information content (AvgIpc) is 3.32. The number of nitrogens with zero attached hydrogens (tertiary/aromatic N) is 2. The van der Waals surface area contributed by atoms with Gasteiger partial charge in [0.2, 0.25) is 12.7 Å². The number of fused-ring (bicyclic) bond motifs is 2. The number of benzene rings is 3. The molecule has 4 aromatic rings. The Hall–Kier alpha value is -3.31. The molecule has 1 aliphatic rings. The van der Waals surface area contributed by atoms with Gasteiger partial charge in [-0.3, -0.25) is 4.99 Å². The van der Waals surface area contributed by atoms with Crippen molar-refractivity contribution in [1.82, 2.24) is 4.98 Å². The van der Waals surface area contributed by atoms with E-state index in [9.17, 15) is 0 Å². The second-order valence-electron chi connectivity index (χ2n) is 6.02. The van der Waals surface area contributed by atoms with Gasteiger partial charge in [-0.2, -0.15) is 0 Å². The first-order valence-electron chi connectivity index (χ1n) is 8.35. The summed E-state index contributed by atoms with van der Waals surface area (Å²) in [6.45, 7) is 0.256. The molecular formula is C21H13ClN2O3. The molecule has 0 saturated heterocycles. The lowest BCUT2D eigenvalue weighted by atomic mass is 10.2. The van der Waals surface area contributed by atoms with Crippen LogP contribution in [0.15, 0.2) is 70.1 Å². The SMILES string of the molecule is Clc1ccccc1-c1nc2cc(N=Cc3ccc4c(c3)OCO4)ccc2o1. The molecule has 132 valence electrons. The van der Waals surface area contributed by atoms with Crippen LogP contribution in [0.5, 0.6) is 11.5 Å². The minimum Gasteiger partial charge on any atom is -0.454 e. The predicted molar refractivity (Wildman–Crippen MR) is 104 cm³/mol. The van der Waals surface area contributed by atoms with E-state index >= 15 is 0 Å². The highest BCUT2D eigenvalue weighted by molar-refractivity contribution is 6.33. The van der Waals surface area contributed by atoms with E-state index in [0.717, 1.165) is 33.8 Å². The maximum atomic E-state index is 6.23. The molecule has 0 radical (unpaired) electrons. The molecule has 27 heavy (non-hydrogen) atoms. The number of oxazole rings is 1. The molecule has 1 aromatic heterocycles. The lowest BCUT2D eigenvalue weighted by Gasteiger charge is -1.97. The van der Waals surface area contributed by atoms with Gasteiger partial charge in [-0.1, -0.05) is 23.7 Å². The van der Waals surface area contributed by atoms with Crippen LogP contribution in [0.25, 0.3) is 22.6 Å². The van der Waals surface area contributed by atoms with Crippen LogP contribution in [0.4, 0.5) is 5.69 Å². The molecule has 1 aliphatic heterocycles. The molecule has 0 bridgehead atoms. The summed E-state index contributed by atoms with van der Waals surface area (Å²) in [4.78, 5) is 9.07. The van der Waals surface area contributed by atoms with Crippen molar-refractivity contribution in [2.45, 2.75) is 0 Å². The number of ether oxygens (including phenoxy) is 2. The van der Waals surface area contributed by atoms with Crippen LogP contribution < -0.4 is 9.47 Å². The standard InChI is InChI=1S/C21H13ClN2O3/c22-16-4-2-1-3-15(16)21-24-17-10-14(6-8-18(17)27-21)23-11-13-5-7-19-20(9-13)26-12-25-19/h1-11H,12H2. The van der Waals surface area contributed by atoms with Crippen molar-refractivity contribution < 1.29 is 13.9 Å². The summed E-state index contributed by atoms with van der Waals surface area (Å²) in [7, 11) is 0. The van der Waals surface area contributed by atoms with E-state index in [-0.39, 0.29) is 6.79 Å². The van der Waals surface area contributed by atoms with Crippen molar-refractivity contribution in [2.75, 3.05) is 6.79 Å². The van der Waals surface area contributed by atoms with Crippen LogP contribution in [0.1, 0.15) is 5.56 Å². The van der Waals surface area contributed by atoms with E-state index in [1.165, 1.54) is 0 Å². The molecule has 0 aliphatic carbocycles. The van der Waals surface area contributed by atoms with E-state index in [1.807, 2.05) is 60.7 Å². The van der Waals surface area contributed by atoms with Crippen LogP contribution in [0, 0.1) is 0 Å². The Morgan fingerprint density at radius 3 is 2.78 bits per heavy atom. The van der Waals surface area contributed by atoms with Gasteiger partial charge >= 0.3 is 0 Å². The normalized spacial score (nSPS) is 12.9. The van der Waals surface area contributed by atoms with Gasteiger partial charge in [0.1, 0.15) is 5.52 Å². The molecular weight excluding hydrogens is 364 g/mol. The average molecular weight is 377 g/mol. The summed E-state index contributed by atoms with van der Waals surface area (Å²) in [6.07, 6.45) is 1.78. The summed E-state index contributed by atoms with van der Waals surface area (Å²) in [5.74, 6) is 1.98. The number of hydrogen-bond acceptors (Lipinski definition) is 5. The lowest BCUT2D eigenvalue weighted by Crippen LogP contribution is -1.92. The van der Waals surface area contributed by atoms with Gasteiger partial charge in [0.05, 0.1) is 16.3 Å². The Bertz CT molecular complexity index is 1180. The number of aromatic nitrogens is 1. The highest BCUT2D eigenvalue weighted by Gasteiger charge is 2.13. The fourth-order valence-corrected chi connectivity index (χ4v) is 3.11. The zero-order valence-corrected chi connectivity index (χ0v) is 14.8. The molecule has 0 fully saturated rings. The minimum atomic E-state index is 0.256. The topological polar surface area (TPSA) is 56.9 Å². The van der Waals surface area contributed by atoms with Crippen molar-refractivity contribution in [3.8, 4) is 23.0 Å². The van der Waals surface area contributed by atoms with Gasteiger partial charge in [-0.15, -0.1) is 0 Å². The summed E-state index contributed by atoms with van der Waals surface area (Å²) in [5, 5.41) is 0.602. The van der Waals surface area contributed by atoms with Crippen LogP contribution in [0.2, 0.25) is 5.02 Å². The predicted octanol–water partition coefficient (Wildman–Crippen LogP) is 5.63. The van der Waals surface area contributed by atoms with Gasteiger partial charge in [0.25, 0.3) is 0 Å². The first kappa shape index (κ1) is 15.9. The lowest BCUT2D eigenvalue weighted by molar-refractivity contribution is 0.174. The van der Waals surface area contributed by atoms with Gasteiger partial charge < -0.3 is 13.9 Å². The highest BCUT2D eigenvalue weighted by atomic mass is 35.5. The van der Waals surface area contributed by atoms with E-state index in [1.54, 1.807) is 6.21 Å². The Labute approximate surface area is 159 Å². The number of rotatable bonds is 3. The smallest absolute Gasteiger partial charge is 0.231 e. The van der Waals surface area contributed by atoms with Gasteiger partial charge in [-0.05, 0) is 54.1 Å². The van der Waals surface area contributed by atoms with Crippen molar-refractivity contribution in [2.24, 2.45) is 4.99 Å². The summed E-state index contributed by atoms with van der Waals surface area (Å²) < 4.78 is 16.5. The second-order valence-corrected chi connectivity index (χ2v) is 6.43. The third-order valence-corrected chi connectivity index (χ3v) is 4.56. The molecule has 0 atom stereocenters. The van der Waals surface area contributed by atoms with E-state index in [0.29, 0.717) is 16.5 Å². The summed E-state index contributed by atoms with van der Waals surface area (Å²) >= 11 is 6.23. The number of aliphatic imine (C=N–C) groups is 1. The van der Waals surface area contributed by atoms with Crippen molar-refractivity contribution in [1.29, 1.82) is 0 Å². The Morgan fingerprint density at radius 2 is 1.85 bits per heavy atom. The van der Waals surface area contributed by atoms with Gasteiger partial charge in [0, 0.05) is 6.21 Å². The molecule has 2 heterocycles. The van der Waals surface area contributed by atoms with Crippen LogP contribution >= 0.6 is 11.6 Å². The maximum Gasteiger partial charge on any atom is 0.231 e. The van der Waals surface area contributed by atoms with Crippen molar-refractivity contribution in [3.05, 3.63) is 71.2 Å². The number of hydrogen-bond donors (Lipinski definition) is 0. The zero-order valence-electron chi connectivity index (χ0n) is 14.1. The summed E-state index contributed by atoms with van der Waals surface area (Å²) in [6, 6.07) is 18.8. The molecule has 0 amide bonds. The molecule has 0 N–H and O–H groups in total. The van der Waals surface area contributed by atoms with Gasteiger partial charge in [-0.25, -0.2) is 4.98 Å². The first-order valence-corrected chi connectivity index (χ1v) is 8.73. The number of halogens is 1. The Balaban J connectivity index is 1.45. The molecule has 0 unspecified atom stereocenters. The molecule has 5 nitrogen and oxygen atoms in total. The molecule has 6 heteroatoms. The fraction of sp³-hybridized carbons (Fsp3) is 0.0476. The van der Waals surface area contributed by atoms with Crippen molar-refractivity contribution in [3.63, 3.8) is 0 Å². The second kappa shape index (κ2) is 6.45. The van der Waals surface area contributed by atoms with E-state index in [2.05, 4.69) is 9.98 Å². The fourth-order valence-electron chi connectivity index (χ4n) is 2.89. The first-order chi connectivity index (χ1) is 13.3. The van der Waals surface area contributed by atoms with Crippen LogP contribution in [-0.2, 0) is 0 Å². The molecule has 5 rings (SSSR count). The summed E-state index contributed by atoms with van der Waals surface area (Å²) in [5.41, 5.74) is 3.88. The van der Waals surface area contributed by atoms with Crippen LogP contribution in [0.3, 0.4) is 0 Å². The van der Waals surface area contributed by atoms with E-state index in [4.69, 9.17) is 25.5 Å². The zero-order chi connectivity index (χ0) is 18.2. The molecule has 0 spiro atoms. The largest absolute Gasteiger partial charge is 0.454 e. The molecule has 0 saturated carbocycles. The molecule has 3 aromatic carbocycles.